The average Bonchev–Trinajstić information content (AvgIpc) is 2.66. The van der Waals surface area contributed by atoms with Crippen LogP contribution in [0.1, 0.15) is 37.8 Å². The van der Waals surface area contributed by atoms with Crippen LogP contribution < -0.4 is 5.32 Å². The van der Waals surface area contributed by atoms with E-state index in [1.807, 2.05) is 4.90 Å². The first-order valence-electron chi connectivity index (χ1n) is 9.87. The minimum Gasteiger partial charge on any atom is -0.355 e. The van der Waals surface area contributed by atoms with Crippen LogP contribution in [-0.2, 0) is 22.6 Å². The SMILES string of the molecule is CC(C)CNC(=O)CN1CCC(C(=O)N2CCc3ccccc3C2)CC1. The first-order chi connectivity index (χ1) is 12.5. The lowest BCUT2D eigenvalue weighted by molar-refractivity contribution is -0.138. The summed E-state index contributed by atoms with van der Waals surface area (Å²) in [5.74, 6) is 0.965. The molecule has 26 heavy (non-hydrogen) atoms. The Bertz CT molecular complexity index is 636. The fourth-order valence-electron chi connectivity index (χ4n) is 3.86. The van der Waals surface area contributed by atoms with E-state index >= 15 is 0 Å². The summed E-state index contributed by atoms with van der Waals surface area (Å²) in [5, 5.41) is 2.97. The number of likely N-dealkylation sites (tertiary alicyclic amines) is 1. The van der Waals surface area contributed by atoms with Crippen molar-refractivity contribution in [3.63, 3.8) is 0 Å². The molecule has 0 spiro atoms. The average molecular weight is 357 g/mol. The van der Waals surface area contributed by atoms with Gasteiger partial charge in [-0.2, -0.15) is 0 Å². The van der Waals surface area contributed by atoms with Gasteiger partial charge in [0.15, 0.2) is 0 Å². The molecule has 0 atom stereocenters. The van der Waals surface area contributed by atoms with Gasteiger partial charge < -0.3 is 10.2 Å². The van der Waals surface area contributed by atoms with E-state index < -0.39 is 0 Å². The number of carbonyl (C=O) groups is 2. The second kappa shape index (κ2) is 8.67. The minimum atomic E-state index is 0.0936. The summed E-state index contributed by atoms with van der Waals surface area (Å²) in [6.45, 7) is 8.59. The molecule has 1 saturated heterocycles. The molecule has 5 heteroatoms. The summed E-state index contributed by atoms with van der Waals surface area (Å²) >= 11 is 0. The van der Waals surface area contributed by atoms with Crippen molar-refractivity contribution < 1.29 is 9.59 Å². The normalized spacial score (nSPS) is 18.7. The van der Waals surface area contributed by atoms with Gasteiger partial charge in [0.2, 0.25) is 11.8 Å². The maximum Gasteiger partial charge on any atom is 0.234 e. The van der Waals surface area contributed by atoms with Gasteiger partial charge in [-0.3, -0.25) is 14.5 Å². The predicted molar refractivity (Wildman–Crippen MR) is 103 cm³/mol. The van der Waals surface area contributed by atoms with E-state index in [-0.39, 0.29) is 11.8 Å². The molecule has 0 unspecified atom stereocenters. The van der Waals surface area contributed by atoms with Gasteiger partial charge in [0, 0.05) is 25.6 Å². The number of rotatable bonds is 5. The summed E-state index contributed by atoms with van der Waals surface area (Å²) in [6.07, 6.45) is 2.67. The van der Waals surface area contributed by atoms with Crippen molar-refractivity contribution in [1.82, 2.24) is 15.1 Å². The zero-order valence-corrected chi connectivity index (χ0v) is 16.0. The van der Waals surface area contributed by atoms with Crippen LogP contribution in [0.2, 0.25) is 0 Å². The first-order valence-corrected chi connectivity index (χ1v) is 9.87. The Labute approximate surface area is 156 Å². The van der Waals surface area contributed by atoms with Gasteiger partial charge in [-0.05, 0) is 49.4 Å². The molecule has 1 N–H and O–H groups in total. The van der Waals surface area contributed by atoms with Crippen molar-refractivity contribution in [1.29, 1.82) is 0 Å². The van der Waals surface area contributed by atoms with Crippen molar-refractivity contribution in [3.05, 3.63) is 35.4 Å². The molecule has 0 saturated carbocycles. The number of carbonyl (C=O) groups excluding carboxylic acids is 2. The maximum atomic E-state index is 12.9. The molecule has 142 valence electrons. The molecule has 1 aromatic rings. The number of amides is 2. The van der Waals surface area contributed by atoms with Gasteiger partial charge in [-0.1, -0.05) is 38.1 Å². The molecule has 2 heterocycles. The van der Waals surface area contributed by atoms with E-state index in [9.17, 15) is 9.59 Å². The highest BCUT2D eigenvalue weighted by atomic mass is 16.2. The Kier molecular flexibility index (Phi) is 6.30. The van der Waals surface area contributed by atoms with Crippen LogP contribution in [-0.4, -0.2) is 54.3 Å². The third-order valence-electron chi connectivity index (χ3n) is 5.45. The van der Waals surface area contributed by atoms with Gasteiger partial charge in [-0.15, -0.1) is 0 Å². The minimum absolute atomic E-state index is 0.0936. The molecular weight excluding hydrogens is 326 g/mol. The summed E-state index contributed by atoms with van der Waals surface area (Å²) < 4.78 is 0. The highest BCUT2D eigenvalue weighted by molar-refractivity contribution is 5.80. The monoisotopic (exact) mass is 357 g/mol. The molecule has 3 rings (SSSR count). The topological polar surface area (TPSA) is 52.7 Å². The Morgan fingerprint density at radius 3 is 2.50 bits per heavy atom. The van der Waals surface area contributed by atoms with Gasteiger partial charge in [0.1, 0.15) is 0 Å². The lowest BCUT2D eigenvalue weighted by Crippen LogP contribution is -2.46. The number of fused-ring (bicyclic) bond motifs is 1. The van der Waals surface area contributed by atoms with E-state index in [4.69, 9.17) is 0 Å². The fraction of sp³-hybridized carbons (Fsp3) is 0.619. The second-order valence-corrected chi connectivity index (χ2v) is 8.03. The van der Waals surface area contributed by atoms with Gasteiger partial charge in [0.05, 0.1) is 6.54 Å². The summed E-state index contributed by atoms with van der Waals surface area (Å²) in [5.41, 5.74) is 2.66. The van der Waals surface area contributed by atoms with E-state index in [1.165, 1.54) is 11.1 Å². The molecule has 0 aromatic heterocycles. The van der Waals surface area contributed by atoms with Gasteiger partial charge in [0.25, 0.3) is 0 Å². The number of nitrogens with one attached hydrogen (secondary N) is 1. The Hall–Kier alpha value is -1.88. The third kappa shape index (κ3) is 4.85. The highest BCUT2D eigenvalue weighted by Gasteiger charge is 2.30. The van der Waals surface area contributed by atoms with Crippen molar-refractivity contribution in [2.75, 3.05) is 32.7 Å². The van der Waals surface area contributed by atoms with Crippen molar-refractivity contribution in [3.8, 4) is 0 Å². The molecule has 0 bridgehead atoms. The zero-order valence-electron chi connectivity index (χ0n) is 16.0. The largest absolute Gasteiger partial charge is 0.355 e. The molecule has 2 amide bonds. The van der Waals surface area contributed by atoms with Crippen LogP contribution in [0.15, 0.2) is 24.3 Å². The van der Waals surface area contributed by atoms with Crippen LogP contribution in [0.3, 0.4) is 0 Å². The number of nitrogens with zero attached hydrogens (tertiary/aromatic N) is 2. The van der Waals surface area contributed by atoms with Gasteiger partial charge in [-0.25, -0.2) is 0 Å². The molecule has 1 aromatic carbocycles. The molecule has 5 nitrogen and oxygen atoms in total. The van der Waals surface area contributed by atoms with Gasteiger partial charge >= 0.3 is 0 Å². The van der Waals surface area contributed by atoms with Crippen LogP contribution in [0.5, 0.6) is 0 Å². The lowest BCUT2D eigenvalue weighted by atomic mass is 9.93. The molecule has 2 aliphatic heterocycles. The smallest absolute Gasteiger partial charge is 0.234 e. The summed E-state index contributed by atoms with van der Waals surface area (Å²) in [6, 6.07) is 8.42. The number of benzene rings is 1. The van der Waals surface area contributed by atoms with Crippen molar-refractivity contribution in [2.24, 2.45) is 11.8 Å². The molecular formula is C21H31N3O2. The summed E-state index contributed by atoms with van der Waals surface area (Å²) in [7, 11) is 0. The van der Waals surface area contributed by atoms with E-state index in [2.05, 4.69) is 48.3 Å². The van der Waals surface area contributed by atoms with Crippen LogP contribution in [0, 0.1) is 11.8 Å². The Balaban J connectivity index is 1.45. The van der Waals surface area contributed by atoms with Crippen LogP contribution >= 0.6 is 0 Å². The molecule has 0 radical (unpaired) electrons. The highest BCUT2D eigenvalue weighted by Crippen LogP contribution is 2.24. The van der Waals surface area contributed by atoms with Crippen LogP contribution in [0.25, 0.3) is 0 Å². The fourth-order valence-corrected chi connectivity index (χ4v) is 3.86. The molecule has 1 fully saturated rings. The predicted octanol–water partition coefficient (Wildman–Crippen LogP) is 2.06. The third-order valence-corrected chi connectivity index (χ3v) is 5.45. The van der Waals surface area contributed by atoms with E-state index in [0.717, 1.165) is 52.0 Å². The molecule has 2 aliphatic rings. The Morgan fingerprint density at radius 1 is 1.12 bits per heavy atom. The number of hydrogen-bond acceptors (Lipinski definition) is 3. The van der Waals surface area contributed by atoms with Crippen molar-refractivity contribution in [2.45, 2.75) is 39.7 Å². The first kappa shape index (κ1) is 18.9. The van der Waals surface area contributed by atoms with Crippen LogP contribution in [0.4, 0.5) is 0 Å². The maximum absolute atomic E-state index is 12.9. The number of hydrogen-bond donors (Lipinski definition) is 1. The summed E-state index contributed by atoms with van der Waals surface area (Å²) in [4.78, 5) is 29.1. The van der Waals surface area contributed by atoms with E-state index in [1.54, 1.807) is 0 Å². The standard InChI is InChI=1S/C21H31N3O2/c1-16(2)13-22-20(25)15-23-10-7-18(8-11-23)21(26)24-12-9-17-5-3-4-6-19(17)14-24/h3-6,16,18H,7-15H2,1-2H3,(H,22,25). The number of piperidine rings is 1. The lowest BCUT2D eigenvalue weighted by Gasteiger charge is -2.36. The zero-order chi connectivity index (χ0) is 18.5. The molecule has 0 aliphatic carbocycles. The second-order valence-electron chi connectivity index (χ2n) is 8.03. The Morgan fingerprint density at radius 2 is 1.81 bits per heavy atom. The van der Waals surface area contributed by atoms with Crippen molar-refractivity contribution >= 4 is 11.8 Å². The van der Waals surface area contributed by atoms with E-state index in [0.29, 0.717) is 18.4 Å². The quantitative estimate of drug-likeness (QED) is 0.878.